The Morgan fingerprint density at radius 2 is 2.29 bits per heavy atom. The number of hydrogen-bond acceptors (Lipinski definition) is 4. The topological polar surface area (TPSA) is 78.8 Å². The highest BCUT2D eigenvalue weighted by Crippen LogP contribution is 2.20. The molecule has 2 unspecified atom stereocenters. The highest BCUT2D eigenvalue weighted by Gasteiger charge is 2.36. The van der Waals surface area contributed by atoms with Crippen LogP contribution in [0.1, 0.15) is 13.8 Å². The average molecular weight is 203 g/mol. The van der Waals surface area contributed by atoms with Crippen molar-refractivity contribution < 1.29 is 19.7 Å². The zero-order chi connectivity index (χ0) is 10.7. The van der Waals surface area contributed by atoms with Gasteiger partial charge in [-0.2, -0.15) is 0 Å². The molecule has 1 saturated heterocycles. The van der Waals surface area contributed by atoms with Gasteiger partial charge in [0, 0.05) is 12.8 Å². The Hall–Kier alpha value is -0.650. The van der Waals surface area contributed by atoms with E-state index in [0.717, 1.165) is 0 Å². The van der Waals surface area contributed by atoms with Gasteiger partial charge < -0.3 is 20.3 Å². The zero-order valence-corrected chi connectivity index (χ0v) is 8.43. The number of aliphatic hydroxyl groups is 2. The molecule has 3 N–H and O–H groups in total. The number of rotatable bonds is 2. The minimum atomic E-state index is -0.662. The van der Waals surface area contributed by atoms with Gasteiger partial charge in [-0.15, -0.1) is 0 Å². The van der Waals surface area contributed by atoms with Crippen LogP contribution in [0.15, 0.2) is 0 Å². The smallest absolute Gasteiger partial charge is 0.217 e. The third kappa shape index (κ3) is 2.43. The third-order valence-corrected chi connectivity index (χ3v) is 2.60. The van der Waals surface area contributed by atoms with E-state index < -0.39 is 6.10 Å². The number of carbonyl (C=O) groups excluding carboxylic acids is 1. The van der Waals surface area contributed by atoms with Crippen molar-refractivity contribution in [1.82, 2.24) is 5.32 Å². The van der Waals surface area contributed by atoms with Gasteiger partial charge in [0.25, 0.3) is 0 Å². The Morgan fingerprint density at radius 3 is 2.79 bits per heavy atom. The number of nitrogens with one attached hydrogen (secondary N) is 1. The fraction of sp³-hybridized carbons (Fsp3) is 0.889. The monoisotopic (exact) mass is 203 g/mol. The van der Waals surface area contributed by atoms with Crippen molar-refractivity contribution in [2.24, 2.45) is 5.92 Å². The van der Waals surface area contributed by atoms with E-state index >= 15 is 0 Å². The molecule has 0 saturated carbocycles. The number of amides is 1. The second kappa shape index (κ2) is 4.72. The first kappa shape index (κ1) is 11.4. The number of hydrogen-bond donors (Lipinski definition) is 3. The highest BCUT2D eigenvalue weighted by molar-refractivity contribution is 5.73. The lowest BCUT2D eigenvalue weighted by atomic mass is 9.90. The molecule has 0 spiro atoms. The van der Waals surface area contributed by atoms with Gasteiger partial charge in [-0.3, -0.25) is 4.79 Å². The largest absolute Gasteiger partial charge is 0.394 e. The first-order chi connectivity index (χ1) is 6.56. The van der Waals surface area contributed by atoms with Crippen LogP contribution >= 0.6 is 0 Å². The molecule has 1 aliphatic rings. The molecular formula is C9H17NO4. The molecule has 0 aliphatic carbocycles. The van der Waals surface area contributed by atoms with Crippen molar-refractivity contribution in [3.05, 3.63) is 0 Å². The molecular weight excluding hydrogens is 186 g/mol. The molecule has 1 aliphatic heterocycles. The van der Waals surface area contributed by atoms with Crippen molar-refractivity contribution in [1.29, 1.82) is 0 Å². The van der Waals surface area contributed by atoms with Crippen LogP contribution in [-0.2, 0) is 9.53 Å². The predicted octanol–water partition coefficient (Wildman–Crippen LogP) is -1.12. The van der Waals surface area contributed by atoms with Crippen molar-refractivity contribution in [2.75, 3.05) is 13.2 Å². The summed E-state index contributed by atoms with van der Waals surface area (Å²) in [6.45, 7) is 3.33. The van der Waals surface area contributed by atoms with Gasteiger partial charge in [-0.25, -0.2) is 0 Å². The molecule has 0 aromatic carbocycles. The SMILES string of the molecule is CC(=O)NC1COC(CO)[C@@H](C)[C@H]1O. The standard InChI is InChI=1S/C9H17NO4/c1-5-8(3-11)14-4-7(9(5)13)10-6(2)12/h5,7-9,11,13H,3-4H2,1-2H3,(H,10,12)/t5-,7?,8?,9-/m1/s1. The van der Waals surface area contributed by atoms with E-state index in [1.165, 1.54) is 6.92 Å². The molecule has 14 heavy (non-hydrogen) atoms. The highest BCUT2D eigenvalue weighted by atomic mass is 16.5. The summed E-state index contributed by atoms with van der Waals surface area (Å²) in [5, 5.41) is 21.3. The zero-order valence-electron chi connectivity index (χ0n) is 8.43. The maximum atomic E-state index is 10.8. The summed E-state index contributed by atoms with van der Waals surface area (Å²) in [5.41, 5.74) is 0. The van der Waals surface area contributed by atoms with E-state index in [1.54, 1.807) is 6.92 Å². The molecule has 1 fully saturated rings. The Labute approximate surface area is 83.1 Å². The summed E-state index contributed by atoms with van der Waals surface area (Å²) in [6.07, 6.45) is -1.00. The average Bonchev–Trinajstić information content (AvgIpc) is 2.13. The van der Waals surface area contributed by atoms with E-state index in [9.17, 15) is 9.90 Å². The number of aliphatic hydroxyl groups excluding tert-OH is 2. The fourth-order valence-corrected chi connectivity index (χ4v) is 1.67. The molecule has 5 heteroatoms. The third-order valence-electron chi connectivity index (χ3n) is 2.60. The number of carbonyl (C=O) groups is 1. The summed E-state index contributed by atoms with van der Waals surface area (Å²) in [6, 6.07) is -0.370. The summed E-state index contributed by atoms with van der Waals surface area (Å²) >= 11 is 0. The van der Waals surface area contributed by atoms with Gasteiger partial charge in [-0.1, -0.05) is 6.92 Å². The fourth-order valence-electron chi connectivity index (χ4n) is 1.67. The molecule has 1 amide bonds. The molecule has 0 radical (unpaired) electrons. The lowest BCUT2D eigenvalue weighted by Gasteiger charge is -2.38. The van der Waals surface area contributed by atoms with Gasteiger partial charge in [0.2, 0.25) is 5.91 Å². The van der Waals surface area contributed by atoms with Crippen molar-refractivity contribution in [3.8, 4) is 0 Å². The Morgan fingerprint density at radius 1 is 1.64 bits per heavy atom. The lowest BCUT2D eigenvalue weighted by molar-refractivity contribution is -0.135. The Kier molecular flexibility index (Phi) is 3.86. The van der Waals surface area contributed by atoms with Crippen LogP contribution in [0.2, 0.25) is 0 Å². The van der Waals surface area contributed by atoms with Crippen LogP contribution in [0.4, 0.5) is 0 Å². The van der Waals surface area contributed by atoms with Crippen molar-refractivity contribution in [2.45, 2.75) is 32.1 Å². The molecule has 0 bridgehead atoms. The first-order valence-electron chi connectivity index (χ1n) is 4.74. The number of ether oxygens (including phenoxy) is 1. The maximum absolute atomic E-state index is 10.8. The minimum Gasteiger partial charge on any atom is -0.394 e. The summed E-state index contributed by atoms with van der Waals surface area (Å²) in [4.78, 5) is 10.8. The second-order valence-electron chi connectivity index (χ2n) is 3.71. The quantitative estimate of drug-likeness (QED) is 0.531. The van der Waals surface area contributed by atoms with Gasteiger partial charge >= 0.3 is 0 Å². The lowest BCUT2D eigenvalue weighted by Crippen LogP contribution is -2.56. The van der Waals surface area contributed by atoms with E-state index in [1.807, 2.05) is 0 Å². The second-order valence-corrected chi connectivity index (χ2v) is 3.71. The van der Waals surface area contributed by atoms with Crippen LogP contribution in [0.25, 0.3) is 0 Å². The molecule has 0 aromatic rings. The van der Waals surface area contributed by atoms with E-state index in [-0.39, 0.29) is 37.2 Å². The van der Waals surface area contributed by atoms with Gasteiger partial charge in [0.15, 0.2) is 0 Å². The van der Waals surface area contributed by atoms with Crippen LogP contribution in [0, 0.1) is 5.92 Å². The molecule has 1 rings (SSSR count). The minimum absolute atomic E-state index is 0.106. The molecule has 5 nitrogen and oxygen atoms in total. The molecule has 82 valence electrons. The van der Waals surface area contributed by atoms with Crippen molar-refractivity contribution >= 4 is 5.91 Å². The molecule has 4 atom stereocenters. The Balaban J connectivity index is 2.54. The van der Waals surface area contributed by atoms with Gasteiger partial charge in [0.1, 0.15) is 0 Å². The van der Waals surface area contributed by atoms with Crippen LogP contribution in [0.5, 0.6) is 0 Å². The van der Waals surface area contributed by atoms with E-state index in [4.69, 9.17) is 9.84 Å². The first-order valence-corrected chi connectivity index (χ1v) is 4.74. The summed E-state index contributed by atoms with van der Waals surface area (Å²) in [5.74, 6) is -0.363. The van der Waals surface area contributed by atoms with Crippen LogP contribution in [-0.4, -0.2) is 47.6 Å². The molecule has 0 aromatic heterocycles. The van der Waals surface area contributed by atoms with Gasteiger partial charge in [0.05, 0.1) is 31.5 Å². The Bertz CT molecular complexity index is 209. The summed E-state index contributed by atoms with van der Waals surface area (Å²) < 4.78 is 5.30. The van der Waals surface area contributed by atoms with E-state index in [2.05, 4.69) is 5.32 Å². The normalized spacial score (nSPS) is 38.0. The van der Waals surface area contributed by atoms with E-state index in [0.29, 0.717) is 0 Å². The predicted molar refractivity (Wildman–Crippen MR) is 49.6 cm³/mol. The van der Waals surface area contributed by atoms with Crippen LogP contribution in [0.3, 0.4) is 0 Å². The van der Waals surface area contributed by atoms with Gasteiger partial charge in [-0.05, 0) is 0 Å². The molecule has 1 heterocycles. The van der Waals surface area contributed by atoms with Crippen molar-refractivity contribution in [3.63, 3.8) is 0 Å². The van der Waals surface area contributed by atoms with Crippen LogP contribution < -0.4 is 5.32 Å². The summed E-state index contributed by atoms with van der Waals surface area (Å²) in [7, 11) is 0. The maximum Gasteiger partial charge on any atom is 0.217 e.